The number of aryl methyl sites for hydroxylation is 2. The molecule has 96 valence electrons. The molecule has 2 aromatic heterocycles. The molecule has 4 heteroatoms. The zero-order valence-electron chi connectivity index (χ0n) is 11.2. The van der Waals surface area contributed by atoms with Crippen LogP contribution in [-0.4, -0.2) is 16.5 Å². The van der Waals surface area contributed by atoms with Crippen LogP contribution in [0.25, 0.3) is 10.7 Å². The summed E-state index contributed by atoms with van der Waals surface area (Å²) in [5.41, 5.74) is 3.42. The van der Waals surface area contributed by atoms with Crippen LogP contribution in [0, 0.1) is 6.92 Å². The van der Waals surface area contributed by atoms with Gasteiger partial charge in [-0.15, -0.1) is 11.3 Å². The van der Waals surface area contributed by atoms with Crippen LogP contribution in [0.5, 0.6) is 0 Å². The Bertz CT molecular complexity index is 520. The van der Waals surface area contributed by atoms with Gasteiger partial charge in [-0.1, -0.05) is 19.9 Å². The van der Waals surface area contributed by atoms with Crippen molar-refractivity contribution in [3.8, 4) is 10.7 Å². The zero-order valence-corrected chi connectivity index (χ0v) is 12.0. The van der Waals surface area contributed by atoms with Gasteiger partial charge in [0.15, 0.2) is 0 Å². The number of hydrogen-bond donors (Lipinski definition) is 1. The molecule has 3 nitrogen and oxygen atoms in total. The monoisotopic (exact) mass is 261 g/mol. The minimum Gasteiger partial charge on any atom is -0.312 e. The van der Waals surface area contributed by atoms with Gasteiger partial charge in [-0.3, -0.25) is 4.98 Å². The minimum absolute atomic E-state index is 0.897. The topological polar surface area (TPSA) is 37.8 Å². The van der Waals surface area contributed by atoms with E-state index in [1.807, 2.05) is 12.3 Å². The summed E-state index contributed by atoms with van der Waals surface area (Å²) in [6, 6.07) is 4.12. The van der Waals surface area contributed by atoms with Crippen molar-refractivity contribution in [2.75, 3.05) is 6.54 Å². The molecule has 0 saturated carbocycles. The highest BCUT2D eigenvalue weighted by molar-refractivity contribution is 7.15. The molecule has 1 N–H and O–H groups in total. The van der Waals surface area contributed by atoms with Gasteiger partial charge in [0.25, 0.3) is 0 Å². The second-order valence-electron chi connectivity index (χ2n) is 4.17. The fraction of sp³-hybridized carbons (Fsp3) is 0.429. The molecular weight excluding hydrogens is 242 g/mol. The SMILES string of the molecule is CCNCc1sc(-c2ncccc2CC)nc1C. The summed E-state index contributed by atoms with van der Waals surface area (Å²) in [5.74, 6) is 0. The van der Waals surface area contributed by atoms with E-state index in [1.165, 1.54) is 10.4 Å². The van der Waals surface area contributed by atoms with Crippen LogP contribution in [0.1, 0.15) is 30.0 Å². The lowest BCUT2D eigenvalue weighted by Gasteiger charge is -2.02. The Labute approximate surface area is 112 Å². The van der Waals surface area contributed by atoms with Crippen molar-refractivity contribution in [1.29, 1.82) is 0 Å². The van der Waals surface area contributed by atoms with E-state index in [-0.39, 0.29) is 0 Å². The van der Waals surface area contributed by atoms with Gasteiger partial charge in [0, 0.05) is 17.6 Å². The predicted molar refractivity (Wildman–Crippen MR) is 76.8 cm³/mol. The highest BCUT2D eigenvalue weighted by Crippen LogP contribution is 2.28. The number of rotatable bonds is 5. The lowest BCUT2D eigenvalue weighted by molar-refractivity contribution is 0.731. The molecule has 2 aromatic rings. The van der Waals surface area contributed by atoms with Crippen molar-refractivity contribution in [3.63, 3.8) is 0 Å². The highest BCUT2D eigenvalue weighted by atomic mass is 32.1. The fourth-order valence-corrected chi connectivity index (χ4v) is 2.91. The Hall–Kier alpha value is -1.26. The smallest absolute Gasteiger partial charge is 0.142 e. The summed E-state index contributed by atoms with van der Waals surface area (Å²) in [6.45, 7) is 8.22. The average Bonchev–Trinajstić information content (AvgIpc) is 2.77. The Balaban J connectivity index is 2.33. The van der Waals surface area contributed by atoms with Crippen LogP contribution in [0.2, 0.25) is 0 Å². The molecule has 0 aliphatic heterocycles. The van der Waals surface area contributed by atoms with Gasteiger partial charge in [-0.2, -0.15) is 0 Å². The molecular formula is C14H19N3S. The Morgan fingerprint density at radius 2 is 2.17 bits per heavy atom. The molecule has 0 atom stereocenters. The minimum atomic E-state index is 0.897. The summed E-state index contributed by atoms with van der Waals surface area (Å²) in [7, 11) is 0. The molecule has 0 fully saturated rings. The van der Waals surface area contributed by atoms with Gasteiger partial charge in [-0.25, -0.2) is 4.98 Å². The summed E-state index contributed by atoms with van der Waals surface area (Å²) >= 11 is 1.75. The molecule has 0 aliphatic carbocycles. The Morgan fingerprint density at radius 3 is 2.89 bits per heavy atom. The maximum Gasteiger partial charge on any atom is 0.142 e. The van der Waals surface area contributed by atoms with Gasteiger partial charge < -0.3 is 5.32 Å². The van der Waals surface area contributed by atoms with E-state index in [2.05, 4.69) is 42.1 Å². The molecule has 0 radical (unpaired) electrons. The zero-order chi connectivity index (χ0) is 13.0. The first kappa shape index (κ1) is 13.2. The Kier molecular flexibility index (Phi) is 4.44. The van der Waals surface area contributed by atoms with E-state index in [1.54, 1.807) is 11.3 Å². The highest BCUT2D eigenvalue weighted by Gasteiger charge is 2.12. The van der Waals surface area contributed by atoms with E-state index in [4.69, 9.17) is 0 Å². The molecule has 18 heavy (non-hydrogen) atoms. The largest absolute Gasteiger partial charge is 0.312 e. The fourth-order valence-electron chi connectivity index (χ4n) is 1.85. The van der Waals surface area contributed by atoms with Gasteiger partial charge >= 0.3 is 0 Å². The van der Waals surface area contributed by atoms with Crippen LogP contribution < -0.4 is 5.32 Å². The molecule has 2 rings (SSSR count). The number of hydrogen-bond acceptors (Lipinski definition) is 4. The molecule has 0 aromatic carbocycles. The molecule has 2 heterocycles. The predicted octanol–water partition coefficient (Wildman–Crippen LogP) is 3.19. The first-order chi connectivity index (χ1) is 8.76. The Morgan fingerprint density at radius 1 is 1.33 bits per heavy atom. The molecule has 0 aliphatic rings. The first-order valence-corrected chi connectivity index (χ1v) is 7.19. The van der Waals surface area contributed by atoms with Gasteiger partial charge in [0.1, 0.15) is 10.7 Å². The third-order valence-corrected chi connectivity index (χ3v) is 4.07. The molecule has 0 saturated heterocycles. The standard InChI is InChI=1S/C14H19N3S/c1-4-11-7-6-8-16-13(11)14-17-10(3)12(18-14)9-15-5-2/h6-8,15H,4-5,9H2,1-3H3. The summed E-state index contributed by atoms with van der Waals surface area (Å²) in [6.07, 6.45) is 2.83. The van der Waals surface area contributed by atoms with Gasteiger partial charge in [-0.05, 0) is 31.5 Å². The molecule has 0 amide bonds. The van der Waals surface area contributed by atoms with E-state index in [0.29, 0.717) is 0 Å². The maximum absolute atomic E-state index is 4.66. The van der Waals surface area contributed by atoms with Crippen LogP contribution in [0.15, 0.2) is 18.3 Å². The summed E-state index contributed by atoms with van der Waals surface area (Å²) in [5, 5.41) is 4.39. The van der Waals surface area contributed by atoms with Gasteiger partial charge in [0.05, 0.1) is 5.69 Å². The quantitative estimate of drug-likeness (QED) is 0.898. The molecule has 0 spiro atoms. The van der Waals surface area contributed by atoms with Crippen molar-refractivity contribution in [2.45, 2.75) is 33.7 Å². The second kappa shape index (κ2) is 6.07. The van der Waals surface area contributed by atoms with Crippen molar-refractivity contribution < 1.29 is 0 Å². The van der Waals surface area contributed by atoms with E-state index < -0.39 is 0 Å². The number of aromatic nitrogens is 2. The molecule has 0 unspecified atom stereocenters. The van der Waals surface area contributed by atoms with Crippen molar-refractivity contribution in [3.05, 3.63) is 34.5 Å². The van der Waals surface area contributed by atoms with Gasteiger partial charge in [0.2, 0.25) is 0 Å². The maximum atomic E-state index is 4.66. The van der Waals surface area contributed by atoms with Crippen molar-refractivity contribution in [1.82, 2.24) is 15.3 Å². The lowest BCUT2D eigenvalue weighted by Crippen LogP contribution is -2.11. The number of pyridine rings is 1. The molecule has 0 bridgehead atoms. The van der Waals surface area contributed by atoms with E-state index in [0.717, 1.165) is 35.9 Å². The first-order valence-electron chi connectivity index (χ1n) is 6.37. The average molecular weight is 261 g/mol. The van der Waals surface area contributed by atoms with Crippen LogP contribution >= 0.6 is 11.3 Å². The summed E-state index contributed by atoms with van der Waals surface area (Å²) < 4.78 is 0. The number of nitrogens with zero attached hydrogens (tertiary/aromatic N) is 2. The van der Waals surface area contributed by atoms with Crippen molar-refractivity contribution in [2.24, 2.45) is 0 Å². The van der Waals surface area contributed by atoms with Crippen molar-refractivity contribution >= 4 is 11.3 Å². The third-order valence-electron chi connectivity index (χ3n) is 2.90. The van der Waals surface area contributed by atoms with Crippen LogP contribution in [0.3, 0.4) is 0 Å². The third kappa shape index (κ3) is 2.76. The number of nitrogens with one attached hydrogen (secondary N) is 1. The summed E-state index contributed by atoms with van der Waals surface area (Å²) in [4.78, 5) is 10.4. The lowest BCUT2D eigenvalue weighted by atomic mass is 10.1. The number of thiazole rings is 1. The van der Waals surface area contributed by atoms with E-state index >= 15 is 0 Å². The second-order valence-corrected chi connectivity index (χ2v) is 5.26. The van der Waals surface area contributed by atoms with E-state index in [9.17, 15) is 0 Å². The van der Waals surface area contributed by atoms with Crippen LogP contribution in [0.4, 0.5) is 0 Å². The normalized spacial score (nSPS) is 10.8. The van der Waals surface area contributed by atoms with Crippen LogP contribution in [-0.2, 0) is 13.0 Å².